The van der Waals surface area contributed by atoms with Gasteiger partial charge in [-0.3, -0.25) is 19.4 Å². The summed E-state index contributed by atoms with van der Waals surface area (Å²) in [6.07, 6.45) is 9.58. The summed E-state index contributed by atoms with van der Waals surface area (Å²) in [7, 11) is 0. The molecule has 2 aliphatic heterocycles. The number of allylic oxidation sites excluding steroid dienone is 3. The number of aliphatic imine (C=N–C) groups is 1. The lowest BCUT2D eigenvalue weighted by Crippen LogP contribution is -2.47. The van der Waals surface area contributed by atoms with Crippen LogP contribution in [0.4, 0.5) is 4.79 Å². The van der Waals surface area contributed by atoms with Crippen LogP contribution in [0.1, 0.15) is 31.2 Å². The Kier molecular flexibility index (Phi) is 6.72. The highest BCUT2D eigenvalue weighted by Gasteiger charge is 2.35. The van der Waals surface area contributed by atoms with Gasteiger partial charge in [0.2, 0.25) is 11.8 Å². The zero-order valence-electron chi connectivity index (χ0n) is 17.6. The molecular formula is C24H28N4O3. The molecule has 7 heteroatoms. The van der Waals surface area contributed by atoms with Crippen LogP contribution in [0.15, 0.2) is 59.6 Å². The number of urea groups is 1. The maximum atomic E-state index is 12.6. The molecule has 3 aliphatic rings. The zero-order valence-corrected chi connectivity index (χ0v) is 17.6. The van der Waals surface area contributed by atoms with Crippen LogP contribution in [0.2, 0.25) is 0 Å². The summed E-state index contributed by atoms with van der Waals surface area (Å²) in [6.45, 7) is 3.07. The number of hydrogen-bond acceptors (Lipinski definition) is 4. The lowest BCUT2D eigenvalue weighted by molar-refractivity contribution is -0.130. The monoisotopic (exact) mass is 420 g/mol. The molecule has 0 radical (unpaired) electrons. The molecule has 1 unspecified atom stereocenters. The molecule has 4 rings (SSSR count). The largest absolute Gasteiger partial charge is 0.353 e. The van der Waals surface area contributed by atoms with Crippen molar-refractivity contribution in [1.82, 2.24) is 15.1 Å². The number of fused-ring (bicyclic) bond motifs is 1. The maximum absolute atomic E-state index is 12.6. The van der Waals surface area contributed by atoms with Gasteiger partial charge in [0.15, 0.2) is 0 Å². The topological polar surface area (TPSA) is 82.1 Å². The lowest BCUT2D eigenvalue weighted by Gasteiger charge is -2.32. The van der Waals surface area contributed by atoms with Crippen LogP contribution in [0, 0.1) is 5.92 Å². The molecule has 1 fully saturated rings. The molecule has 1 aliphatic carbocycles. The number of piperidine rings is 1. The summed E-state index contributed by atoms with van der Waals surface area (Å²) < 4.78 is 0. The molecule has 1 saturated heterocycles. The normalized spacial score (nSPS) is 21.7. The summed E-state index contributed by atoms with van der Waals surface area (Å²) in [5, 5.41) is 3.11. The van der Waals surface area contributed by atoms with Crippen LogP contribution in [-0.2, 0) is 16.1 Å². The van der Waals surface area contributed by atoms with Gasteiger partial charge in [-0.1, -0.05) is 48.6 Å². The van der Waals surface area contributed by atoms with Gasteiger partial charge >= 0.3 is 6.03 Å². The third kappa shape index (κ3) is 5.35. The van der Waals surface area contributed by atoms with E-state index in [0.717, 1.165) is 37.4 Å². The number of benzene rings is 1. The number of nitrogens with one attached hydrogen (secondary N) is 1. The van der Waals surface area contributed by atoms with Crippen molar-refractivity contribution in [1.29, 1.82) is 0 Å². The summed E-state index contributed by atoms with van der Waals surface area (Å²) in [5.41, 5.74) is 1.80. The van der Waals surface area contributed by atoms with Gasteiger partial charge in [-0.2, -0.15) is 4.99 Å². The van der Waals surface area contributed by atoms with Crippen LogP contribution in [0.5, 0.6) is 0 Å². The van der Waals surface area contributed by atoms with E-state index in [1.165, 1.54) is 5.56 Å². The minimum absolute atomic E-state index is 0.0249. The summed E-state index contributed by atoms with van der Waals surface area (Å²) in [5.74, 6) is -0.775. The van der Waals surface area contributed by atoms with Gasteiger partial charge in [0.1, 0.15) is 0 Å². The molecular weight excluding hydrogens is 392 g/mol. The van der Waals surface area contributed by atoms with Crippen LogP contribution < -0.4 is 5.32 Å². The van der Waals surface area contributed by atoms with E-state index in [2.05, 4.69) is 39.5 Å². The fraction of sp³-hybridized carbons (Fsp3) is 0.417. The molecule has 1 atom stereocenters. The van der Waals surface area contributed by atoms with E-state index in [0.29, 0.717) is 12.1 Å². The number of nitrogens with zero attached hydrogens (tertiary/aromatic N) is 3. The number of rotatable bonds is 7. The average molecular weight is 421 g/mol. The minimum Gasteiger partial charge on any atom is -0.353 e. The third-order valence-electron chi connectivity index (χ3n) is 5.98. The number of carbonyl (C=O) groups excluding carboxylic acids is 3. The molecule has 0 aromatic heterocycles. The van der Waals surface area contributed by atoms with Gasteiger partial charge in [-0.25, -0.2) is 4.79 Å². The predicted molar refractivity (Wildman–Crippen MR) is 118 cm³/mol. The van der Waals surface area contributed by atoms with E-state index in [1.807, 2.05) is 6.07 Å². The number of carbonyl (C=O) groups is 3. The Hall–Kier alpha value is -3.06. The van der Waals surface area contributed by atoms with E-state index < -0.39 is 11.9 Å². The SMILES string of the molecule is O=C(CCCN1C(=O)N=C2C=CC=CC2C1=O)NC1CCN(Cc2ccccc2)CC1. The number of likely N-dealkylation sites (tertiary alicyclic amines) is 1. The van der Waals surface area contributed by atoms with E-state index >= 15 is 0 Å². The first kappa shape index (κ1) is 21.2. The van der Waals surface area contributed by atoms with E-state index in [-0.39, 0.29) is 30.8 Å². The summed E-state index contributed by atoms with van der Waals surface area (Å²) in [6, 6.07) is 10.1. The fourth-order valence-electron chi connectivity index (χ4n) is 4.26. The van der Waals surface area contributed by atoms with Gasteiger partial charge < -0.3 is 5.32 Å². The van der Waals surface area contributed by atoms with Crippen molar-refractivity contribution in [3.8, 4) is 0 Å². The molecule has 162 valence electrons. The van der Waals surface area contributed by atoms with Crippen molar-refractivity contribution in [3.05, 3.63) is 60.2 Å². The molecule has 7 nitrogen and oxygen atoms in total. The highest BCUT2D eigenvalue weighted by molar-refractivity contribution is 6.21. The first-order chi connectivity index (χ1) is 15.1. The quantitative estimate of drug-likeness (QED) is 0.735. The summed E-state index contributed by atoms with van der Waals surface area (Å²) >= 11 is 0. The highest BCUT2D eigenvalue weighted by atomic mass is 16.2. The third-order valence-corrected chi connectivity index (χ3v) is 5.98. The van der Waals surface area contributed by atoms with E-state index in [9.17, 15) is 14.4 Å². The molecule has 0 spiro atoms. The Morgan fingerprint density at radius 1 is 1.10 bits per heavy atom. The molecule has 31 heavy (non-hydrogen) atoms. The second kappa shape index (κ2) is 9.83. The molecule has 0 saturated carbocycles. The van der Waals surface area contributed by atoms with Crippen LogP contribution >= 0.6 is 0 Å². The van der Waals surface area contributed by atoms with Crippen molar-refractivity contribution >= 4 is 23.6 Å². The molecule has 2 heterocycles. The average Bonchev–Trinajstić information content (AvgIpc) is 2.78. The molecule has 1 aromatic rings. The van der Waals surface area contributed by atoms with Crippen LogP contribution in [-0.4, -0.2) is 59.0 Å². The Morgan fingerprint density at radius 2 is 1.87 bits per heavy atom. The van der Waals surface area contributed by atoms with Crippen LogP contribution in [0.3, 0.4) is 0 Å². The van der Waals surface area contributed by atoms with Gasteiger partial charge in [0, 0.05) is 38.6 Å². The predicted octanol–water partition coefficient (Wildman–Crippen LogP) is 2.69. The van der Waals surface area contributed by atoms with Crippen LogP contribution in [0.25, 0.3) is 0 Å². The molecule has 4 amide bonds. The second-order valence-corrected chi connectivity index (χ2v) is 8.24. The Balaban J connectivity index is 1.17. The standard InChI is InChI=1S/C24H28N4O3/c29-22(25-19-12-15-27(16-13-19)17-18-7-2-1-3-8-18)11-6-14-28-23(30)20-9-4-5-10-21(20)26-24(28)31/h1-5,7-10,19-20H,6,11-17H2,(H,25,29). The molecule has 0 bridgehead atoms. The van der Waals surface area contributed by atoms with Crippen molar-refractivity contribution < 1.29 is 14.4 Å². The van der Waals surface area contributed by atoms with Gasteiger partial charge in [0.05, 0.1) is 11.6 Å². The van der Waals surface area contributed by atoms with E-state index in [1.54, 1.807) is 24.3 Å². The summed E-state index contributed by atoms with van der Waals surface area (Å²) in [4.78, 5) is 44.7. The number of hydrogen-bond donors (Lipinski definition) is 1. The fourth-order valence-corrected chi connectivity index (χ4v) is 4.26. The van der Waals surface area contributed by atoms with E-state index in [4.69, 9.17) is 0 Å². The Morgan fingerprint density at radius 3 is 2.65 bits per heavy atom. The van der Waals surface area contributed by atoms with Crippen molar-refractivity contribution in [2.75, 3.05) is 19.6 Å². The minimum atomic E-state index is -0.539. The smallest absolute Gasteiger partial charge is 0.350 e. The first-order valence-corrected chi connectivity index (χ1v) is 10.9. The Labute approximate surface area is 182 Å². The van der Waals surface area contributed by atoms with Gasteiger partial charge in [-0.05, 0) is 30.9 Å². The molecule has 1 N–H and O–H groups in total. The van der Waals surface area contributed by atoms with Crippen molar-refractivity contribution in [2.45, 2.75) is 38.3 Å². The van der Waals surface area contributed by atoms with Crippen molar-refractivity contribution in [2.24, 2.45) is 10.9 Å². The second-order valence-electron chi connectivity index (χ2n) is 8.24. The van der Waals surface area contributed by atoms with Crippen molar-refractivity contribution in [3.63, 3.8) is 0 Å². The highest BCUT2D eigenvalue weighted by Crippen LogP contribution is 2.20. The lowest BCUT2D eigenvalue weighted by atomic mass is 9.95. The van der Waals surface area contributed by atoms with Gasteiger partial charge in [-0.15, -0.1) is 0 Å². The zero-order chi connectivity index (χ0) is 21.6. The number of amides is 4. The Bertz CT molecular complexity index is 914. The number of imide groups is 1. The maximum Gasteiger partial charge on any atom is 0.350 e. The first-order valence-electron chi connectivity index (χ1n) is 10.9. The molecule has 1 aromatic carbocycles. The van der Waals surface area contributed by atoms with Gasteiger partial charge in [0.25, 0.3) is 0 Å².